The zero-order valence-corrected chi connectivity index (χ0v) is 15.7. The van der Waals surface area contributed by atoms with Gasteiger partial charge in [-0.25, -0.2) is 4.79 Å². The van der Waals surface area contributed by atoms with Crippen LogP contribution in [0.2, 0.25) is 0 Å². The Morgan fingerprint density at radius 1 is 1.17 bits per heavy atom. The normalized spacial score (nSPS) is 12.7. The fourth-order valence-corrected chi connectivity index (χ4v) is 2.40. The number of aromatic hydroxyl groups is 1. The quantitative estimate of drug-likeness (QED) is 0.505. The molecule has 1 N–H and O–H groups in total. The number of ether oxygens (including phenoxy) is 1. The molecule has 1 aromatic rings. The van der Waals surface area contributed by atoms with Gasteiger partial charge in [-0.05, 0) is 41.5 Å². The third kappa shape index (κ3) is 4.61. The van der Waals surface area contributed by atoms with Crippen molar-refractivity contribution in [2.24, 2.45) is 0 Å². The highest BCUT2D eigenvalue weighted by molar-refractivity contribution is 5.98. The third-order valence-electron chi connectivity index (χ3n) is 3.68. The number of nitriles is 1. The second-order valence-electron chi connectivity index (χ2n) is 7.85. The average molecular weight is 329 g/mol. The Labute approximate surface area is 144 Å². The second kappa shape index (κ2) is 7.09. The maximum absolute atomic E-state index is 11.8. The van der Waals surface area contributed by atoms with Crippen LogP contribution in [0.1, 0.15) is 65.2 Å². The predicted octanol–water partition coefficient (Wildman–Crippen LogP) is 4.46. The highest BCUT2D eigenvalue weighted by Gasteiger charge is 2.26. The molecule has 0 aliphatic carbocycles. The van der Waals surface area contributed by atoms with Crippen LogP contribution >= 0.6 is 0 Å². The Morgan fingerprint density at radius 3 is 1.96 bits per heavy atom. The minimum Gasteiger partial charge on any atom is -0.507 e. The molecule has 0 amide bonds. The molecule has 0 saturated carbocycles. The summed E-state index contributed by atoms with van der Waals surface area (Å²) in [4.78, 5) is 11.8. The number of phenolic OH excluding ortho intramolecular Hbond substituents is 1. The van der Waals surface area contributed by atoms with Gasteiger partial charge in [0.1, 0.15) is 17.4 Å². The number of carbonyl (C=O) groups is 1. The number of hydrogen-bond donors (Lipinski definition) is 1. The summed E-state index contributed by atoms with van der Waals surface area (Å²) in [6, 6.07) is 5.53. The minimum atomic E-state index is -0.636. The van der Waals surface area contributed by atoms with E-state index in [9.17, 15) is 15.2 Å². The summed E-state index contributed by atoms with van der Waals surface area (Å²) in [7, 11) is 0. The molecule has 0 saturated heterocycles. The summed E-state index contributed by atoms with van der Waals surface area (Å²) in [6.07, 6.45) is 1.52. The Morgan fingerprint density at radius 2 is 1.62 bits per heavy atom. The molecule has 0 bridgehead atoms. The standard InChI is InChI=1S/C20H27NO3/c1-8-24-18(23)14(12-21)9-13-10-15(19(2,3)4)17(22)16(11-13)20(5,6)7/h9-11,22H,8H2,1-7H3/b14-9-. The Kier molecular flexibility index (Phi) is 5.84. The van der Waals surface area contributed by atoms with Gasteiger partial charge in [0.15, 0.2) is 0 Å². The number of nitrogens with zero attached hydrogens (tertiary/aromatic N) is 1. The van der Waals surface area contributed by atoms with E-state index in [0.717, 1.165) is 11.1 Å². The van der Waals surface area contributed by atoms with Crippen LogP contribution in [0.15, 0.2) is 17.7 Å². The SMILES string of the molecule is CCOC(=O)/C(C#N)=C\c1cc(C(C)(C)C)c(O)c(C(C)(C)C)c1. The fraction of sp³-hybridized carbons (Fsp3) is 0.500. The number of esters is 1. The summed E-state index contributed by atoms with van der Waals surface area (Å²) < 4.78 is 4.91. The van der Waals surface area contributed by atoms with Crippen molar-refractivity contribution in [2.75, 3.05) is 6.61 Å². The zero-order valence-electron chi connectivity index (χ0n) is 15.7. The molecule has 0 radical (unpaired) electrons. The summed E-state index contributed by atoms with van der Waals surface area (Å²) in [5.41, 5.74) is 1.66. The van der Waals surface area contributed by atoms with Crippen LogP contribution in [-0.4, -0.2) is 17.7 Å². The molecule has 0 aromatic heterocycles. The maximum atomic E-state index is 11.8. The van der Waals surface area contributed by atoms with Gasteiger partial charge in [0.25, 0.3) is 0 Å². The van der Waals surface area contributed by atoms with E-state index in [4.69, 9.17) is 4.74 Å². The topological polar surface area (TPSA) is 70.3 Å². The van der Waals surface area contributed by atoms with Crippen molar-refractivity contribution in [3.63, 3.8) is 0 Å². The molecule has 130 valence electrons. The Balaban J connectivity index is 3.61. The fourth-order valence-electron chi connectivity index (χ4n) is 2.40. The van der Waals surface area contributed by atoms with Crippen LogP contribution < -0.4 is 0 Å². The van der Waals surface area contributed by atoms with Gasteiger partial charge in [-0.2, -0.15) is 5.26 Å². The lowest BCUT2D eigenvalue weighted by atomic mass is 9.78. The van der Waals surface area contributed by atoms with Crippen molar-refractivity contribution < 1.29 is 14.6 Å². The molecule has 0 spiro atoms. The predicted molar refractivity (Wildman–Crippen MR) is 95.7 cm³/mol. The second-order valence-corrected chi connectivity index (χ2v) is 7.85. The lowest BCUT2D eigenvalue weighted by Gasteiger charge is -2.27. The summed E-state index contributed by atoms with van der Waals surface area (Å²) in [5, 5.41) is 19.9. The Hall–Kier alpha value is -2.28. The smallest absolute Gasteiger partial charge is 0.348 e. The summed E-state index contributed by atoms with van der Waals surface area (Å²) in [5.74, 6) is -0.371. The van der Waals surface area contributed by atoms with Crippen molar-refractivity contribution in [1.29, 1.82) is 5.26 Å². The van der Waals surface area contributed by atoms with Crippen LogP contribution in [0.3, 0.4) is 0 Å². The van der Waals surface area contributed by atoms with Crippen LogP contribution in [0, 0.1) is 11.3 Å². The third-order valence-corrected chi connectivity index (χ3v) is 3.68. The van der Waals surface area contributed by atoms with E-state index in [1.165, 1.54) is 6.08 Å². The molecule has 4 heteroatoms. The van der Waals surface area contributed by atoms with E-state index in [2.05, 4.69) is 0 Å². The van der Waals surface area contributed by atoms with Crippen molar-refractivity contribution in [1.82, 2.24) is 0 Å². The molecule has 0 fully saturated rings. The van der Waals surface area contributed by atoms with Gasteiger partial charge in [0, 0.05) is 11.1 Å². The first-order valence-corrected chi connectivity index (χ1v) is 8.08. The molecular weight excluding hydrogens is 302 g/mol. The number of phenols is 1. The van der Waals surface area contributed by atoms with Crippen LogP contribution in [-0.2, 0) is 20.4 Å². The molecule has 1 aromatic carbocycles. The zero-order chi connectivity index (χ0) is 18.7. The van der Waals surface area contributed by atoms with Gasteiger partial charge in [-0.15, -0.1) is 0 Å². The van der Waals surface area contributed by atoms with E-state index >= 15 is 0 Å². The number of benzene rings is 1. The molecular formula is C20H27NO3. The van der Waals surface area contributed by atoms with Gasteiger partial charge < -0.3 is 9.84 Å². The van der Waals surface area contributed by atoms with Crippen LogP contribution in [0.25, 0.3) is 6.08 Å². The van der Waals surface area contributed by atoms with Crippen LogP contribution in [0.4, 0.5) is 0 Å². The van der Waals surface area contributed by atoms with E-state index in [0.29, 0.717) is 5.56 Å². The van der Waals surface area contributed by atoms with Crippen molar-refractivity contribution in [2.45, 2.75) is 59.3 Å². The van der Waals surface area contributed by atoms with Gasteiger partial charge >= 0.3 is 5.97 Å². The molecule has 0 heterocycles. The average Bonchev–Trinajstić information content (AvgIpc) is 2.43. The van der Waals surface area contributed by atoms with Crippen LogP contribution in [0.5, 0.6) is 5.75 Å². The summed E-state index contributed by atoms with van der Waals surface area (Å²) in [6.45, 7) is 14.0. The number of hydrogen-bond acceptors (Lipinski definition) is 4. The minimum absolute atomic E-state index is 0.0535. The molecule has 1 rings (SSSR count). The lowest BCUT2D eigenvalue weighted by molar-refractivity contribution is -0.137. The first kappa shape index (κ1) is 19.8. The molecule has 0 aliphatic rings. The lowest BCUT2D eigenvalue weighted by Crippen LogP contribution is -2.17. The maximum Gasteiger partial charge on any atom is 0.348 e. The monoisotopic (exact) mass is 329 g/mol. The highest BCUT2D eigenvalue weighted by Crippen LogP contribution is 2.40. The number of carbonyl (C=O) groups excluding carboxylic acids is 1. The van der Waals surface area contributed by atoms with E-state index in [1.807, 2.05) is 59.7 Å². The van der Waals surface area contributed by atoms with Gasteiger partial charge in [-0.3, -0.25) is 0 Å². The first-order valence-electron chi connectivity index (χ1n) is 8.08. The molecule has 0 aliphatic heterocycles. The summed E-state index contributed by atoms with van der Waals surface area (Å²) >= 11 is 0. The Bertz CT molecular complexity index is 660. The molecule has 24 heavy (non-hydrogen) atoms. The molecule has 0 unspecified atom stereocenters. The van der Waals surface area contributed by atoms with Gasteiger partial charge in [-0.1, -0.05) is 41.5 Å². The molecule has 4 nitrogen and oxygen atoms in total. The van der Waals surface area contributed by atoms with E-state index in [-0.39, 0.29) is 28.8 Å². The number of rotatable bonds is 3. The largest absolute Gasteiger partial charge is 0.507 e. The van der Waals surface area contributed by atoms with Crippen molar-refractivity contribution in [3.8, 4) is 11.8 Å². The van der Waals surface area contributed by atoms with Crippen molar-refractivity contribution >= 4 is 12.0 Å². The van der Waals surface area contributed by atoms with Gasteiger partial charge in [0.2, 0.25) is 0 Å². The van der Waals surface area contributed by atoms with E-state index in [1.54, 1.807) is 6.92 Å². The highest BCUT2D eigenvalue weighted by atomic mass is 16.5. The first-order chi connectivity index (χ1) is 10.9. The van der Waals surface area contributed by atoms with E-state index < -0.39 is 5.97 Å². The molecule has 0 atom stereocenters. The van der Waals surface area contributed by atoms with Crippen molar-refractivity contribution in [3.05, 3.63) is 34.4 Å². The van der Waals surface area contributed by atoms with Gasteiger partial charge in [0.05, 0.1) is 6.61 Å².